The highest BCUT2D eigenvalue weighted by molar-refractivity contribution is 5.84. The number of nitrogens with one attached hydrogen (secondary N) is 2. The quantitative estimate of drug-likeness (QED) is 0.482. The van der Waals surface area contributed by atoms with E-state index in [1.165, 1.54) is 32.1 Å². The molecule has 0 aromatic carbocycles. The standard InChI is InChI=1S/C21H41N5O2/c1-17(2)19(26-10-12-28-13-11-26)15-23-21(24-16-20(27)25(3)4)22-14-18-8-6-5-7-9-18/h17-19H,5-16H2,1-4H3,(H2,22,23,24). The Labute approximate surface area is 171 Å². The lowest BCUT2D eigenvalue weighted by atomic mass is 9.89. The molecule has 2 N–H and O–H groups in total. The van der Waals surface area contributed by atoms with Crippen molar-refractivity contribution in [3.63, 3.8) is 0 Å². The van der Waals surface area contributed by atoms with Crippen LogP contribution >= 0.6 is 0 Å². The highest BCUT2D eigenvalue weighted by Crippen LogP contribution is 2.22. The lowest BCUT2D eigenvalue weighted by Crippen LogP contribution is -2.53. The van der Waals surface area contributed by atoms with E-state index in [1.54, 1.807) is 19.0 Å². The zero-order chi connectivity index (χ0) is 20.4. The van der Waals surface area contributed by atoms with Gasteiger partial charge in [-0.25, -0.2) is 4.99 Å². The molecule has 1 saturated carbocycles. The number of ether oxygens (including phenoxy) is 1. The van der Waals surface area contributed by atoms with E-state index in [4.69, 9.17) is 4.74 Å². The molecule has 2 aliphatic rings. The first kappa shape index (κ1) is 22.9. The first-order chi connectivity index (χ1) is 13.5. The third-order valence-corrected chi connectivity index (χ3v) is 5.92. The van der Waals surface area contributed by atoms with E-state index < -0.39 is 0 Å². The summed E-state index contributed by atoms with van der Waals surface area (Å²) in [6, 6.07) is 0.426. The van der Waals surface area contributed by atoms with Crippen molar-refractivity contribution in [3.05, 3.63) is 0 Å². The molecule has 0 radical (unpaired) electrons. The van der Waals surface area contributed by atoms with Crippen LogP contribution in [-0.2, 0) is 9.53 Å². The fraction of sp³-hybridized carbons (Fsp3) is 0.905. The monoisotopic (exact) mass is 395 g/mol. The van der Waals surface area contributed by atoms with Crippen LogP contribution in [0.1, 0.15) is 46.0 Å². The van der Waals surface area contributed by atoms with Gasteiger partial charge in [0.15, 0.2) is 5.96 Å². The Morgan fingerprint density at radius 3 is 2.43 bits per heavy atom. The largest absolute Gasteiger partial charge is 0.379 e. The van der Waals surface area contributed by atoms with Crippen LogP contribution in [-0.4, -0.2) is 87.7 Å². The summed E-state index contributed by atoms with van der Waals surface area (Å²) < 4.78 is 5.51. The minimum Gasteiger partial charge on any atom is -0.379 e. The minimum absolute atomic E-state index is 0.0207. The van der Waals surface area contributed by atoms with E-state index in [0.717, 1.165) is 45.4 Å². The van der Waals surface area contributed by atoms with E-state index >= 15 is 0 Å². The van der Waals surface area contributed by atoms with Crippen LogP contribution in [0.2, 0.25) is 0 Å². The van der Waals surface area contributed by atoms with Crippen molar-refractivity contribution >= 4 is 11.9 Å². The topological polar surface area (TPSA) is 69.2 Å². The molecule has 0 aromatic rings. The number of hydrogen-bond donors (Lipinski definition) is 2. The summed E-state index contributed by atoms with van der Waals surface area (Å²) in [5, 5.41) is 7.02. The third kappa shape index (κ3) is 7.95. The summed E-state index contributed by atoms with van der Waals surface area (Å²) in [5.41, 5.74) is 0. The molecule has 0 spiro atoms. The van der Waals surface area contributed by atoms with Crippen molar-refractivity contribution < 1.29 is 9.53 Å². The first-order valence-electron chi connectivity index (χ1n) is 11.0. The molecule has 1 aliphatic heterocycles. The van der Waals surface area contributed by atoms with Crippen molar-refractivity contribution in [1.29, 1.82) is 0 Å². The smallest absolute Gasteiger partial charge is 0.243 e. The molecule has 1 unspecified atom stereocenters. The second-order valence-electron chi connectivity index (χ2n) is 8.68. The number of amides is 1. The normalized spacial score (nSPS) is 20.8. The SMILES string of the molecule is CC(C)C(CNC(=NCC(=O)N(C)C)NCC1CCCCC1)N1CCOCC1. The maximum absolute atomic E-state index is 12.0. The summed E-state index contributed by atoms with van der Waals surface area (Å²) in [7, 11) is 3.54. The van der Waals surface area contributed by atoms with Gasteiger partial charge in [0.2, 0.25) is 5.91 Å². The zero-order valence-electron chi connectivity index (χ0n) is 18.4. The average Bonchev–Trinajstić information content (AvgIpc) is 2.70. The van der Waals surface area contributed by atoms with Gasteiger partial charge in [-0.05, 0) is 24.7 Å². The van der Waals surface area contributed by atoms with Crippen LogP contribution in [0.25, 0.3) is 0 Å². The number of rotatable bonds is 8. The Kier molecular flexibility index (Phi) is 10.1. The molecule has 162 valence electrons. The Bertz CT molecular complexity index is 483. The number of likely N-dealkylation sites (N-methyl/N-ethyl adjacent to an activating group) is 1. The lowest BCUT2D eigenvalue weighted by Gasteiger charge is -2.37. The molecule has 7 heteroatoms. The second-order valence-corrected chi connectivity index (χ2v) is 8.68. The highest BCUT2D eigenvalue weighted by atomic mass is 16.5. The van der Waals surface area contributed by atoms with Gasteiger partial charge in [-0.2, -0.15) is 0 Å². The summed E-state index contributed by atoms with van der Waals surface area (Å²) in [6.45, 7) is 10.0. The molecule has 1 heterocycles. The maximum atomic E-state index is 12.0. The summed E-state index contributed by atoms with van der Waals surface area (Å²) >= 11 is 0. The van der Waals surface area contributed by atoms with Crippen molar-refractivity contribution in [1.82, 2.24) is 20.4 Å². The number of hydrogen-bond acceptors (Lipinski definition) is 4. The van der Waals surface area contributed by atoms with Crippen molar-refractivity contribution in [2.45, 2.75) is 52.0 Å². The third-order valence-electron chi connectivity index (χ3n) is 5.92. The molecule has 2 rings (SSSR count). The molecule has 7 nitrogen and oxygen atoms in total. The summed E-state index contributed by atoms with van der Waals surface area (Å²) in [4.78, 5) is 20.6. The number of guanidine groups is 1. The molecule has 1 amide bonds. The highest BCUT2D eigenvalue weighted by Gasteiger charge is 2.24. The van der Waals surface area contributed by atoms with Gasteiger partial charge >= 0.3 is 0 Å². The van der Waals surface area contributed by atoms with Gasteiger partial charge in [0.05, 0.1) is 13.2 Å². The van der Waals surface area contributed by atoms with Gasteiger partial charge in [-0.15, -0.1) is 0 Å². The molecule has 28 heavy (non-hydrogen) atoms. The number of carbonyl (C=O) groups excluding carboxylic acids is 1. The van der Waals surface area contributed by atoms with Crippen LogP contribution < -0.4 is 10.6 Å². The van der Waals surface area contributed by atoms with E-state index in [-0.39, 0.29) is 12.5 Å². The van der Waals surface area contributed by atoms with Crippen molar-refractivity contribution in [2.75, 3.05) is 60.0 Å². The van der Waals surface area contributed by atoms with Crippen LogP contribution in [0, 0.1) is 11.8 Å². The van der Waals surface area contributed by atoms with E-state index in [2.05, 4.69) is 34.4 Å². The van der Waals surface area contributed by atoms with Gasteiger partial charge in [0.1, 0.15) is 6.54 Å². The predicted molar refractivity (Wildman–Crippen MR) is 115 cm³/mol. The zero-order valence-corrected chi connectivity index (χ0v) is 18.4. The number of carbonyl (C=O) groups is 1. The molecule has 1 saturated heterocycles. The van der Waals surface area contributed by atoms with E-state index in [0.29, 0.717) is 17.9 Å². The summed E-state index contributed by atoms with van der Waals surface area (Å²) in [6.07, 6.45) is 6.61. The fourth-order valence-electron chi connectivity index (χ4n) is 3.99. The van der Waals surface area contributed by atoms with E-state index in [1.807, 2.05) is 0 Å². The van der Waals surface area contributed by atoms with Crippen LogP contribution in [0.15, 0.2) is 4.99 Å². The second kappa shape index (κ2) is 12.3. The first-order valence-corrected chi connectivity index (χ1v) is 11.0. The van der Waals surface area contributed by atoms with Gasteiger partial charge in [-0.3, -0.25) is 9.69 Å². The summed E-state index contributed by atoms with van der Waals surface area (Å²) in [5.74, 6) is 2.03. The van der Waals surface area contributed by atoms with Crippen LogP contribution in [0.4, 0.5) is 0 Å². The molecule has 1 atom stereocenters. The van der Waals surface area contributed by atoms with Crippen LogP contribution in [0.3, 0.4) is 0 Å². The fourth-order valence-corrected chi connectivity index (χ4v) is 3.99. The van der Waals surface area contributed by atoms with Crippen molar-refractivity contribution in [3.8, 4) is 0 Å². The molecule has 0 aromatic heterocycles. The van der Waals surface area contributed by atoms with Gasteiger partial charge in [0, 0.05) is 46.3 Å². The number of aliphatic imine (C=N–C) groups is 1. The Balaban J connectivity index is 1.93. The van der Waals surface area contributed by atoms with E-state index in [9.17, 15) is 4.79 Å². The minimum atomic E-state index is 0.0207. The van der Waals surface area contributed by atoms with Gasteiger partial charge in [-0.1, -0.05) is 33.1 Å². The molecule has 1 aliphatic carbocycles. The van der Waals surface area contributed by atoms with Gasteiger partial charge < -0.3 is 20.3 Å². The predicted octanol–water partition coefficient (Wildman–Crippen LogP) is 1.55. The molecule has 0 bridgehead atoms. The Hall–Kier alpha value is -1.34. The lowest BCUT2D eigenvalue weighted by molar-refractivity contribution is -0.127. The Morgan fingerprint density at radius 1 is 1.14 bits per heavy atom. The molecular formula is C21H41N5O2. The van der Waals surface area contributed by atoms with Gasteiger partial charge in [0.25, 0.3) is 0 Å². The average molecular weight is 396 g/mol. The molecular weight excluding hydrogens is 354 g/mol. The Morgan fingerprint density at radius 2 is 1.82 bits per heavy atom. The van der Waals surface area contributed by atoms with Crippen molar-refractivity contribution in [2.24, 2.45) is 16.8 Å². The maximum Gasteiger partial charge on any atom is 0.243 e. The number of nitrogens with zero attached hydrogens (tertiary/aromatic N) is 3. The molecule has 2 fully saturated rings. The van der Waals surface area contributed by atoms with Crippen LogP contribution in [0.5, 0.6) is 0 Å². The number of morpholine rings is 1.